The highest BCUT2D eigenvalue weighted by atomic mass is 16.4. The number of aliphatic hydroxyl groups excluding tert-OH is 2. The van der Waals surface area contributed by atoms with Crippen LogP contribution in [0.4, 0.5) is 0 Å². The molecule has 0 amide bonds. The third-order valence-corrected chi connectivity index (χ3v) is 10.3. The summed E-state index contributed by atoms with van der Waals surface area (Å²) in [6.07, 6.45) is 9.26. The molecule has 160 valence electrons. The Labute approximate surface area is 170 Å². The van der Waals surface area contributed by atoms with Crippen molar-refractivity contribution in [3.63, 3.8) is 0 Å². The Morgan fingerprint density at radius 2 is 1.79 bits per heavy atom. The van der Waals surface area contributed by atoms with Crippen LogP contribution in [0.25, 0.3) is 0 Å². The van der Waals surface area contributed by atoms with E-state index in [0.717, 1.165) is 38.5 Å². The molecule has 0 radical (unpaired) electrons. The van der Waals surface area contributed by atoms with Gasteiger partial charge in [-0.2, -0.15) is 0 Å². The summed E-state index contributed by atoms with van der Waals surface area (Å²) in [5, 5.41) is 30.8. The number of hydrogen-bond acceptors (Lipinski definition) is 3. The molecule has 0 saturated heterocycles. The molecule has 0 aromatic heterocycles. The number of aliphatic carboxylic acids is 1. The van der Waals surface area contributed by atoms with Gasteiger partial charge in [-0.1, -0.05) is 20.8 Å². The summed E-state index contributed by atoms with van der Waals surface area (Å²) in [7, 11) is 0. The minimum Gasteiger partial charge on any atom is -0.481 e. The van der Waals surface area contributed by atoms with Gasteiger partial charge in [-0.25, -0.2) is 0 Å². The van der Waals surface area contributed by atoms with Crippen LogP contribution < -0.4 is 0 Å². The highest BCUT2D eigenvalue weighted by molar-refractivity contribution is 5.66. The summed E-state index contributed by atoms with van der Waals surface area (Å²) in [4.78, 5) is 11.1. The van der Waals surface area contributed by atoms with Crippen molar-refractivity contribution in [3.05, 3.63) is 0 Å². The van der Waals surface area contributed by atoms with Crippen molar-refractivity contribution < 1.29 is 20.1 Å². The molecule has 0 bridgehead atoms. The fourth-order valence-corrected chi connectivity index (χ4v) is 8.71. The van der Waals surface area contributed by atoms with E-state index >= 15 is 0 Å². The molecule has 4 saturated carbocycles. The molecule has 0 aromatic rings. The molecule has 0 heterocycles. The highest BCUT2D eigenvalue weighted by Gasteiger charge is 2.63. The highest BCUT2D eigenvalue weighted by Crippen LogP contribution is 2.68. The van der Waals surface area contributed by atoms with Crippen molar-refractivity contribution in [3.8, 4) is 0 Å². The lowest BCUT2D eigenvalue weighted by atomic mass is 9.43. The number of carbonyl (C=O) groups is 1. The monoisotopic (exact) mass is 392 g/mol. The number of fused-ring (bicyclic) bond motifs is 5. The zero-order chi connectivity index (χ0) is 20.3. The molecule has 10 atom stereocenters. The summed E-state index contributed by atoms with van der Waals surface area (Å²) >= 11 is 0. The van der Waals surface area contributed by atoms with E-state index in [1.807, 2.05) is 0 Å². The minimum absolute atomic E-state index is 0.0591. The van der Waals surface area contributed by atoms with Crippen molar-refractivity contribution in [1.82, 2.24) is 0 Å². The second kappa shape index (κ2) is 7.27. The van der Waals surface area contributed by atoms with Gasteiger partial charge in [0.25, 0.3) is 0 Å². The molecule has 4 heteroatoms. The smallest absolute Gasteiger partial charge is 0.303 e. The van der Waals surface area contributed by atoms with E-state index in [4.69, 9.17) is 5.11 Å². The predicted octanol–water partition coefficient (Wildman–Crippen LogP) is 4.48. The van der Waals surface area contributed by atoms with Crippen molar-refractivity contribution in [2.75, 3.05) is 0 Å². The molecule has 4 nitrogen and oxygen atoms in total. The number of aliphatic hydroxyl groups is 2. The Hall–Kier alpha value is -0.610. The molecule has 4 aliphatic carbocycles. The molecule has 4 aliphatic rings. The van der Waals surface area contributed by atoms with Crippen molar-refractivity contribution >= 4 is 5.97 Å². The minimum atomic E-state index is -0.707. The third-order valence-electron chi connectivity index (χ3n) is 10.3. The quantitative estimate of drug-likeness (QED) is 0.659. The molecule has 3 N–H and O–H groups in total. The first-order chi connectivity index (χ1) is 13.2. The SMILES string of the molecule is C[C@H](CCC(=O)O)[C@@H]1CC[C@@H]2[C@H]3CC[C@H]4C[C@@H](O)CC[C@]4(C)[C@@H]3C[C@@H](O)[C@@]21C. The summed E-state index contributed by atoms with van der Waals surface area (Å²) in [6.45, 7) is 6.99. The molecule has 0 unspecified atom stereocenters. The Morgan fingerprint density at radius 1 is 1.04 bits per heavy atom. The van der Waals surface area contributed by atoms with Gasteiger partial charge in [0.15, 0.2) is 0 Å². The van der Waals surface area contributed by atoms with Crippen molar-refractivity contribution in [2.24, 2.45) is 46.3 Å². The molecule has 4 rings (SSSR count). The van der Waals surface area contributed by atoms with Crippen molar-refractivity contribution in [1.29, 1.82) is 0 Å². The molecule has 28 heavy (non-hydrogen) atoms. The van der Waals surface area contributed by atoms with E-state index in [1.165, 1.54) is 19.3 Å². The van der Waals surface area contributed by atoms with Crippen LogP contribution in [0.3, 0.4) is 0 Å². The van der Waals surface area contributed by atoms with E-state index in [2.05, 4.69) is 20.8 Å². The Balaban J connectivity index is 1.56. The lowest BCUT2D eigenvalue weighted by molar-refractivity contribution is -0.175. The van der Waals surface area contributed by atoms with Crippen LogP contribution in [-0.2, 0) is 4.79 Å². The van der Waals surface area contributed by atoms with Gasteiger partial charge in [-0.05, 0) is 104 Å². The summed E-state index contributed by atoms with van der Waals surface area (Å²) < 4.78 is 0. The summed E-state index contributed by atoms with van der Waals surface area (Å²) in [5.74, 6) is 2.55. The Morgan fingerprint density at radius 3 is 2.50 bits per heavy atom. The predicted molar refractivity (Wildman–Crippen MR) is 109 cm³/mol. The van der Waals surface area contributed by atoms with E-state index in [-0.39, 0.29) is 29.5 Å². The van der Waals surface area contributed by atoms with Gasteiger partial charge >= 0.3 is 5.97 Å². The molecule has 0 aromatic carbocycles. The van der Waals surface area contributed by atoms with Crippen molar-refractivity contribution in [2.45, 2.75) is 97.2 Å². The first-order valence-corrected chi connectivity index (χ1v) is 11.8. The summed E-state index contributed by atoms with van der Waals surface area (Å²) in [6, 6.07) is 0. The fourth-order valence-electron chi connectivity index (χ4n) is 8.71. The lowest BCUT2D eigenvalue weighted by Gasteiger charge is -2.62. The second-order valence-electron chi connectivity index (χ2n) is 11.3. The van der Waals surface area contributed by atoms with E-state index in [9.17, 15) is 15.0 Å². The maximum absolute atomic E-state index is 11.5. The van der Waals surface area contributed by atoms with Gasteiger partial charge in [-0.3, -0.25) is 4.79 Å². The normalized spacial score (nSPS) is 51.7. The number of hydrogen-bond donors (Lipinski definition) is 3. The Kier molecular flexibility index (Phi) is 5.36. The van der Waals surface area contributed by atoms with Crippen LogP contribution in [0, 0.1) is 46.3 Å². The van der Waals surface area contributed by atoms with Gasteiger partial charge < -0.3 is 15.3 Å². The molecule has 0 spiro atoms. The van der Waals surface area contributed by atoms with Gasteiger partial charge in [0.05, 0.1) is 12.2 Å². The van der Waals surface area contributed by atoms with Crippen LogP contribution in [0.15, 0.2) is 0 Å². The third kappa shape index (κ3) is 3.05. The second-order valence-corrected chi connectivity index (χ2v) is 11.3. The van der Waals surface area contributed by atoms with Crippen LogP contribution in [0.2, 0.25) is 0 Å². The van der Waals surface area contributed by atoms with Crippen LogP contribution in [0.1, 0.15) is 85.0 Å². The topological polar surface area (TPSA) is 77.8 Å². The molecule has 4 fully saturated rings. The zero-order valence-electron chi connectivity index (χ0n) is 17.9. The van der Waals surface area contributed by atoms with Crippen LogP contribution >= 0.6 is 0 Å². The number of carboxylic acid groups (broad SMARTS) is 1. The standard InChI is InChI=1S/C24H40O4/c1-14(4-9-22(27)28)18-7-8-19-17-6-5-15-12-16(25)10-11-23(15,2)20(17)13-21(26)24(18,19)3/h14-21,25-26H,4-13H2,1-3H3,(H,27,28)/t14-,15+,16+,17-,18+,19-,20-,21-,23+,24-/m1/s1. The van der Waals surface area contributed by atoms with Gasteiger partial charge in [0.2, 0.25) is 0 Å². The maximum atomic E-state index is 11.5. The lowest BCUT2D eigenvalue weighted by Crippen LogP contribution is -2.58. The molecule has 0 aliphatic heterocycles. The average Bonchev–Trinajstić information content (AvgIpc) is 3.00. The van der Waals surface area contributed by atoms with Crippen LogP contribution in [0.5, 0.6) is 0 Å². The molecular formula is C24H40O4. The average molecular weight is 393 g/mol. The van der Waals surface area contributed by atoms with Gasteiger partial charge in [0, 0.05) is 6.42 Å². The zero-order valence-corrected chi connectivity index (χ0v) is 17.9. The first kappa shape index (κ1) is 20.7. The van der Waals surface area contributed by atoms with Gasteiger partial charge in [-0.15, -0.1) is 0 Å². The van der Waals surface area contributed by atoms with E-state index in [1.54, 1.807) is 0 Å². The maximum Gasteiger partial charge on any atom is 0.303 e. The van der Waals surface area contributed by atoms with Crippen LogP contribution in [-0.4, -0.2) is 33.5 Å². The Bertz CT molecular complexity index is 605. The first-order valence-electron chi connectivity index (χ1n) is 11.8. The fraction of sp³-hybridized carbons (Fsp3) is 0.958. The van der Waals surface area contributed by atoms with E-state index in [0.29, 0.717) is 35.5 Å². The summed E-state index contributed by atoms with van der Waals surface area (Å²) in [5.41, 5.74) is 0.216. The van der Waals surface area contributed by atoms with E-state index < -0.39 is 5.97 Å². The largest absolute Gasteiger partial charge is 0.481 e. The number of carboxylic acids is 1. The molecular weight excluding hydrogens is 352 g/mol. The van der Waals surface area contributed by atoms with Gasteiger partial charge in [0.1, 0.15) is 0 Å². The number of rotatable bonds is 4.